The SMILES string of the molecule is CC(C)C(NC(=O)[C@@H]1CCCN1C(=O)[C@@H](NC(=O)c1ccc(C(=O)NS(=O)(=O)c2ccc(Cl)cc2)cc1)C(C)C)C(=O)C(F)(F)F. The van der Waals surface area contributed by atoms with Gasteiger partial charge in [-0.1, -0.05) is 39.3 Å². The fourth-order valence-electron chi connectivity index (χ4n) is 4.81. The lowest BCUT2D eigenvalue weighted by Gasteiger charge is -2.32. The number of carbonyl (C=O) groups is 5. The van der Waals surface area contributed by atoms with E-state index in [0.717, 1.165) is 0 Å². The first kappa shape index (κ1) is 36.5. The van der Waals surface area contributed by atoms with E-state index in [4.69, 9.17) is 11.6 Å². The third-order valence-electron chi connectivity index (χ3n) is 7.34. The minimum atomic E-state index is -5.16. The summed E-state index contributed by atoms with van der Waals surface area (Å²) in [4.78, 5) is 65.2. The number of carbonyl (C=O) groups excluding carboxylic acids is 5. The highest BCUT2D eigenvalue weighted by Gasteiger charge is 2.46. The molecule has 1 saturated heterocycles. The number of alkyl halides is 3. The summed E-state index contributed by atoms with van der Waals surface area (Å²) in [7, 11) is -4.20. The molecule has 2 aromatic carbocycles. The van der Waals surface area contributed by atoms with Gasteiger partial charge in [0.15, 0.2) is 0 Å². The molecule has 0 saturated carbocycles. The van der Waals surface area contributed by atoms with Crippen LogP contribution in [0, 0.1) is 11.8 Å². The Hall–Kier alpha value is -3.98. The van der Waals surface area contributed by atoms with Crippen molar-refractivity contribution in [2.45, 2.75) is 69.7 Å². The Bertz CT molecular complexity index is 1580. The summed E-state index contributed by atoms with van der Waals surface area (Å²) in [6.45, 7) is 6.13. The van der Waals surface area contributed by atoms with Crippen molar-refractivity contribution < 1.29 is 45.6 Å². The third kappa shape index (κ3) is 8.84. The van der Waals surface area contributed by atoms with Crippen LogP contribution in [0.5, 0.6) is 0 Å². The predicted octanol–water partition coefficient (Wildman–Crippen LogP) is 3.48. The monoisotopic (exact) mass is 686 g/mol. The summed E-state index contributed by atoms with van der Waals surface area (Å²) >= 11 is 5.78. The van der Waals surface area contributed by atoms with E-state index in [1.807, 2.05) is 4.72 Å². The smallest absolute Gasteiger partial charge is 0.344 e. The summed E-state index contributed by atoms with van der Waals surface area (Å²) in [5.41, 5.74) is -0.0306. The molecule has 11 nitrogen and oxygen atoms in total. The number of benzene rings is 2. The van der Waals surface area contributed by atoms with E-state index in [9.17, 15) is 45.6 Å². The highest BCUT2D eigenvalue weighted by Crippen LogP contribution is 2.24. The van der Waals surface area contributed by atoms with Crippen molar-refractivity contribution in [1.82, 2.24) is 20.3 Å². The number of ketones is 1. The van der Waals surface area contributed by atoms with E-state index in [1.165, 1.54) is 67.3 Å². The zero-order chi connectivity index (χ0) is 34.6. The van der Waals surface area contributed by atoms with Crippen LogP contribution in [-0.2, 0) is 24.4 Å². The van der Waals surface area contributed by atoms with Crippen LogP contribution in [0.4, 0.5) is 13.2 Å². The van der Waals surface area contributed by atoms with Crippen LogP contribution in [0.15, 0.2) is 53.4 Å². The van der Waals surface area contributed by atoms with Gasteiger partial charge in [0.25, 0.3) is 27.6 Å². The maximum atomic E-state index is 13.6. The maximum Gasteiger partial charge on any atom is 0.452 e. The number of hydrogen-bond acceptors (Lipinski definition) is 7. The fraction of sp³-hybridized carbons (Fsp3) is 0.433. The molecular weight excluding hydrogens is 653 g/mol. The van der Waals surface area contributed by atoms with E-state index in [0.29, 0.717) is 11.4 Å². The van der Waals surface area contributed by atoms with Gasteiger partial charge in [-0.05, 0) is 73.2 Å². The number of nitrogens with one attached hydrogen (secondary N) is 3. The molecule has 0 spiro atoms. The van der Waals surface area contributed by atoms with Gasteiger partial charge in [0.2, 0.25) is 11.8 Å². The second kappa shape index (κ2) is 14.6. The molecule has 0 aromatic heterocycles. The number of Topliss-reactive ketones (excluding diaryl/α,β-unsaturated/α-hetero) is 1. The molecule has 0 bridgehead atoms. The van der Waals surface area contributed by atoms with Crippen molar-refractivity contribution in [3.05, 3.63) is 64.7 Å². The van der Waals surface area contributed by atoms with Gasteiger partial charge in [0.1, 0.15) is 12.1 Å². The second-order valence-corrected chi connectivity index (χ2v) is 13.6. The Labute approximate surface area is 269 Å². The Morgan fingerprint density at radius 2 is 1.35 bits per heavy atom. The first-order valence-electron chi connectivity index (χ1n) is 14.3. The van der Waals surface area contributed by atoms with E-state index < -0.39 is 75.6 Å². The summed E-state index contributed by atoms with van der Waals surface area (Å²) in [6, 6.07) is 6.03. The molecule has 46 heavy (non-hydrogen) atoms. The number of hydrogen-bond donors (Lipinski definition) is 3. The van der Waals surface area contributed by atoms with E-state index >= 15 is 0 Å². The third-order valence-corrected chi connectivity index (χ3v) is 8.94. The van der Waals surface area contributed by atoms with Gasteiger partial charge in [0, 0.05) is 22.7 Å². The molecule has 2 aromatic rings. The van der Waals surface area contributed by atoms with Crippen LogP contribution in [0.1, 0.15) is 61.3 Å². The minimum absolute atomic E-state index is 0.0386. The molecule has 3 atom stereocenters. The largest absolute Gasteiger partial charge is 0.452 e. The standard InChI is InChI=1S/C30H34ClF3N4O7S/c1-16(2)23(25(39)30(32,33)34)35-28(42)22-6-5-15-38(22)29(43)24(17(3)4)36-26(40)18-7-9-19(10-8-18)27(41)37-46(44,45)21-13-11-20(31)12-14-21/h7-14,16-17,22-24H,5-6,15H2,1-4H3,(H,35,42)(H,36,40)(H,37,41)/t22-,23?,24-/m0/s1. The van der Waals surface area contributed by atoms with Gasteiger partial charge < -0.3 is 15.5 Å². The Balaban J connectivity index is 1.70. The first-order chi connectivity index (χ1) is 21.3. The Morgan fingerprint density at radius 3 is 1.85 bits per heavy atom. The normalized spacial score (nSPS) is 16.6. The van der Waals surface area contributed by atoms with Crippen LogP contribution < -0.4 is 15.4 Å². The molecule has 3 N–H and O–H groups in total. The van der Waals surface area contributed by atoms with Crippen LogP contribution >= 0.6 is 11.6 Å². The Morgan fingerprint density at radius 1 is 0.826 bits per heavy atom. The summed E-state index contributed by atoms with van der Waals surface area (Å²) < 4.78 is 66.3. The number of amides is 4. The minimum Gasteiger partial charge on any atom is -0.344 e. The molecule has 1 aliphatic heterocycles. The number of halogens is 4. The molecule has 3 rings (SSSR count). The van der Waals surface area contributed by atoms with E-state index in [1.54, 1.807) is 13.8 Å². The lowest BCUT2D eigenvalue weighted by atomic mass is 9.98. The van der Waals surface area contributed by atoms with E-state index in [-0.39, 0.29) is 29.0 Å². The average molecular weight is 687 g/mol. The van der Waals surface area contributed by atoms with Crippen LogP contribution in [0.2, 0.25) is 5.02 Å². The maximum absolute atomic E-state index is 13.6. The zero-order valence-electron chi connectivity index (χ0n) is 25.4. The van der Waals surface area contributed by atoms with Gasteiger partial charge in [-0.25, -0.2) is 13.1 Å². The molecular formula is C30H34ClF3N4O7S. The summed E-state index contributed by atoms with van der Waals surface area (Å²) in [5.74, 6) is -6.62. The van der Waals surface area contributed by atoms with E-state index in [2.05, 4.69) is 10.6 Å². The zero-order valence-corrected chi connectivity index (χ0v) is 26.9. The number of rotatable bonds is 11. The summed E-state index contributed by atoms with van der Waals surface area (Å²) in [6.07, 6.45) is -4.63. The molecule has 1 aliphatic rings. The second-order valence-electron chi connectivity index (χ2n) is 11.4. The first-order valence-corrected chi connectivity index (χ1v) is 16.1. The van der Waals surface area contributed by atoms with Gasteiger partial charge >= 0.3 is 6.18 Å². The average Bonchev–Trinajstić information content (AvgIpc) is 3.47. The molecule has 4 amide bonds. The van der Waals surface area contributed by atoms with Crippen LogP contribution in [0.25, 0.3) is 0 Å². The molecule has 0 aliphatic carbocycles. The van der Waals surface area contributed by atoms with Crippen molar-refractivity contribution in [3.8, 4) is 0 Å². The quantitative estimate of drug-likeness (QED) is 0.327. The number of nitrogens with zero attached hydrogens (tertiary/aromatic N) is 1. The van der Waals surface area contributed by atoms with Gasteiger partial charge in [0.05, 0.1) is 10.9 Å². The predicted molar refractivity (Wildman–Crippen MR) is 161 cm³/mol. The van der Waals surface area contributed by atoms with Crippen molar-refractivity contribution >= 4 is 51.0 Å². The van der Waals surface area contributed by atoms with Crippen molar-refractivity contribution in [1.29, 1.82) is 0 Å². The summed E-state index contributed by atoms with van der Waals surface area (Å²) in [5, 5.41) is 5.07. The van der Waals surface area contributed by atoms with Crippen LogP contribution in [0.3, 0.4) is 0 Å². The highest BCUT2D eigenvalue weighted by molar-refractivity contribution is 7.90. The molecule has 250 valence electrons. The molecule has 1 fully saturated rings. The Kier molecular flexibility index (Phi) is 11.6. The molecule has 0 radical (unpaired) electrons. The van der Waals surface area contributed by atoms with Gasteiger partial charge in [-0.3, -0.25) is 24.0 Å². The van der Waals surface area contributed by atoms with Crippen LogP contribution in [-0.4, -0.2) is 73.6 Å². The van der Waals surface area contributed by atoms with Gasteiger partial charge in [-0.2, -0.15) is 13.2 Å². The molecule has 1 heterocycles. The molecule has 16 heteroatoms. The van der Waals surface area contributed by atoms with Crippen molar-refractivity contribution in [2.24, 2.45) is 11.8 Å². The van der Waals surface area contributed by atoms with Crippen molar-refractivity contribution in [2.75, 3.05) is 6.54 Å². The molecule has 1 unspecified atom stereocenters. The fourth-order valence-corrected chi connectivity index (χ4v) is 5.91. The lowest BCUT2D eigenvalue weighted by molar-refractivity contribution is -0.175. The van der Waals surface area contributed by atoms with Gasteiger partial charge in [-0.15, -0.1) is 0 Å². The highest BCUT2D eigenvalue weighted by atomic mass is 35.5. The number of sulfonamides is 1. The topological polar surface area (TPSA) is 159 Å². The van der Waals surface area contributed by atoms with Crippen molar-refractivity contribution in [3.63, 3.8) is 0 Å². The number of likely N-dealkylation sites (tertiary alicyclic amines) is 1. The lowest BCUT2D eigenvalue weighted by Crippen LogP contribution is -2.58.